The Morgan fingerprint density at radius 2 is 1.56 bits per heavy atom. The summed E-state index contributed by atoms with van der Waals surface area (Å²) in [6, 6.07) is 0. The van der Waals surface area contributed by atoms with Gasteiger partial charge < -0.3 is 19.7 Å². The molecule has 5 heteroatoms. The quantitative estimate of drug-likeness (QED) is 0.122. The van der Waals surface area contributed by atoms with E-state index in [1.54, 1.807) is 0 Å². The van der Waals surface area contributed by atoms with Crippen LogP contribution in [0.5, 0.6) is 0 Å². The van der Waals surface area contributed by atoms with E-state index < -0.39 is 18.0 Å². The number of carboxylic acid groups (broad SMARTS) is 1. The number of hydrogen-bond acceptors (Lipinski definition) is 4. The number of aliphatic carboxylic acids is 1. The summed E-state index contributed by atoms with van der Waals surface area (Å²) in [6.07, 6.45) is 24.7. The van der Waals surface area contributed by atoms with E-state index in [0.717, 1.165) is 45.1 Å². The molecule has 0 radical (unpaired) electrons. The second kappa shape index (κ2) is 21.4. The first-order valence-electron chi connectivity index (χ1n) is 14.4. The van der Waals surface area contributed by atoms with E-state index in [4.69, 9.17) is 9.47 Å². The number of hydrogen-bond donors (Lipinski definition) is 2. The Morgan fingerprint density at radius 1 is 0.941 bits per heavy atom. The molecule has 1 rings (SSSR count). The SMILES string of the molecule is CCCCCCCC/C=C\CCCCCCC[C@H](C[C@H](O)[C@H](CC)C(=O)O)OC1CCCCO1. The van der Waals surface area contributed by atoms with Gasteiger partial charge in [-0.3, -0.25) is 4.79 Å². The van der Waals surface area contributed by atoms with Crippen LogP contribution in [-0.2, 0) is 14.3 Å². The molecule has 0 aromatic rings. The van der Waals surface area contributed by atoms with Gasteiger partial charge in [0.25, 0.3) is 0 Å². The number of aliphatic hydroxyl groups excluding tert-OH is 1. The van der Waals surface area contributed by atoms with Gasteiger partial charge in [-0.15, -0.1) is 0 Å². The molecule has 4 atom stereocenters. The molecule has 0 aromatic carbocycles. The third kappa shape index (κ3) is 15.9. The maximum Gasteiger partial charge on any atom is 0.309 e. The summed E-state index contributed by atoms with van der Waals surface area (Å²) in [5.41, 5.74) is 0. The molecule has 1 aliphatic heterocycles. The zero-order chi connectivity index (χ0) is 24.9. The van der Waals surface area contributed by atoms with Gasteiger partial charge in [0.05, 0.1) is 18.1 Å². The molecule has 5 nitrogen and oxygen atoms in total. The van der Waals surface area contributed by atoms with Crippen molar-refractivity contribution in [2.24, 2.45) is 5.92 Å². The molecule has 34 heavy (non-hydrogen) atoms. The van der Waals surface area contributed by atoms with Crippen molar-refractivity contribution >= 4 is 5.97 Å². The number of carbonyl (C=O) groups is 1. The summed E-state index contributed by atoms with van der Waals surface area (Å²) in [6.45, 7) is 4.80. The van der Waals surface area contributed by atoms with Gasteiger partial charge in [-0.05, 0) is 57.8 Å². The zero-order valence-electron chi connectivity index (χ0n) is 22.2. The number of unbranched alkanes of at least 4 members (excludes halogenated alkanes) is 11. The van der Waals surface area contributed by atoms with Crippen LogP contribution in [0.1, 0.15) is 136 Å². The second-order valence-corrected chi connectivity index (χ2v) is 10.1. The lowest BCUT2D eigenvalue weighted by Crippen LogP contribution is -2.35. The van der Waals surface area contributed by atoms with Crippen LogP contribution >= 0.6 is 0 Å². The highest BCUT2D eigenvalue weighted by Crippen LogP contribution is 2.24. The van der Waals surface area contributed by atoms with E-state index in [2.05, 4.69) is 19.1 Å². The molecule has 1 saturated heterocycles. The number of allylic oxidation sites excluding steroid dienone is 2. The van der Waals surface area contributed by atoms with Crippen molar-refractivity contribution in [2.45, 2.75) is 154 Å². The maximum atomic E-state index is 11.4. The van der Waals surface area contributed by atoms with Crippen LogP contribution in [0.4, 0.5) is 0 Å². The molecule has 1 aliphatic rings. The Bertz CT molecular complexity index is 501. The van der Waals surface area contributed by atoms with Gasteiger partial charge in [0.2, 0.25) is 0 Å². The van der Waals surface area contributed by atoms with Crippen LogP contribution in [0.15, 0.2) is 12.2 Å². The Morgan fingerprint density at radius 3 is 2.12 bits per heavy atom. The fourth-order valence-electron chi connectivity index (χ4n) is 4.76. The van der Waals surface area contributed by atoms with Crippen LogP contribution in [-0.4, -0.2) is 41.3 Å². The van der Waals surface area contributed by atoms with Crippen LogP contribution in [0.2, 0.25) is 0 Å². The van der Waals surface area contributed by atoms with Gasteiger partial charge in [-0.2, -0.15) is 0 Å². The van der Waals surface area contributed by atoms with E-state index in [1.807, 2.05) is 6.92 Å². The average Bonchev–Trinajstić information content (AvgIpc) is 2.82. The maximum absolute atomic E-state index is 11.4. The molecule has 0 bridgehead atoms. The lowest BCUT2D eigenvalue weighted by Gasteiger charge is -2.30. The molecule has 1 fully saturated rings. The van der Waals surface area contributed by atoms with Gasteiger partial charge in [0.1, 0.15) is 0 Å². The molecule has 0 saturated carbocycles. The summed E-state index contributed by atoms with van der Waals surface area (Å²) in [7, 11) is 0. The highest BCUT2D eigenvalue weighted by molar-refractivity contribution is 5.70. The fourth-order valence-corrected chi connectivity index (χ4v) is 4.76. The largest absolute Gasteiger partial charge is 0.481 e. The van der Waals surface area contributed by atoms with Crippen molar-refractivity contribution in [3.63, 3.8) is 0 Å². The number of rotatable bonds is 22. The van der Waals surface area contributed by atoms with Gasteiger partial charge in [-0.1, -0.05) is 83.8 Å². The Hall–Kier alpha value is -0.910. The van der Waals surface area contributed by atoms with Gasteiger partial charge >= 0.3 is 5.97 Å². The van der Waals surface area contributed by atoms with E-state index >= 15 is 0 Å². The van der Waals surface area contributed by atoms with Crippen LogP contribution in [0.25, 0.3) is 0 Å². The van der Waals surface area contributed by atoms with Crippen LogP contribution in [0.3, 0.4) is 0 Å². The zero-order valence-corrected chi connectivity index (χ0v) is 22.2. The number of aliphatic hydroxyl groups is 1. The summed E-state index contributed by atoms with van der Waals surface area (Å²) in [5.74, 6) is -1.66. The van der Waals surface area contributed by atoms with E-state index in [1.165, 1.54) is 70.6 Å². The smallest absolute Gasteiger partial charge is 0.309 e. The minimum atomic E-state index is -0.927. The fraction of sp³-hybridized carbons (Fsp3) is 0.897. The predicted octanol–water partition coefficient (Wildman–Crippen LogP) is 7.80. The molecule has 1 heterocycles. The number of ether oxygens (including phenoxy) is 2. The van der Waals surface area contributed by atoms with Crippen LogP contribution in [0, 0.1) is 5.92 Å². The van der Waals surface area contributed by atoms with Gasteiger partial charge in [-0.25, -0.2) is 0 Å². The minimum Gasteiger partial charge on any atom is -0.481 e. The van der Waals surface area contributed by atoms with Crippen LogP contribution < -0.4 is 0 Å². The lowest BCUT2D eigenvalue weighted by atomic mass is 9.93. The molecular weight excluding hydrogens is 428 g/mol. The number of carboxylic acids is 1. The first-order valence-corrected chi connectivity index (χ1v) is 14.4. The second-order valence-electron chi connectivity index (χ2n) is 10.1. The summed E-state index contributed by atoms with van der Waals surface area (Å²) < 4.78 is 11.9. The predicted molar refractivity (Wildman–Crippen MR) is 140 cm³/mol. The third-order valence-corrected chi connectivity index (χ3v) is 7.00. The van der Waals surface area contributed by atoms with Crippen molar-refractivity contribution in [1.29, 1.82) is 0 Å². The summed E-state index contributed by atoms with van der Waals surface area (Å²) >= 11 is 0. The van der Waals surface area contributed by atoms with Crippen molar-refractivity contribution in [2.75, 3.05) is 6.61 Å². The standard InChI is InChI=1S/C29H54O5/c1-3-5-6-7-8-9-10-11-12-13-14-15-16-17-18-21-25(34-28-22-19-20-23-33-28)24-27(30)26(4-2)29(31)32/h11-12,25-28,30H,3-10,13-24H2,1-2H3,(H,31,32)/b12-11-/t25-,26+,27+,28?/m1/s1. The van der Waals surface area contributed by atoms with E-state index in [0.29, 0.717) is 12.8 Å². The van der Waals surface area contributed by atoms with E-state index in [9.17, 15) is 15.0 Å². The van der Waals surface area contributed by atoms with Gasteiger partial charge in [0.15, 0.2) is 6.29 Å². The molecule has 1 unspecified atom stereocenters. The average molecular weight is 483 g/mol. The van der Waals surface area contributed by atoms with Crippen molar-refractivity contribution in [1.82, 2.24) is 0 Å². The molecule has 2 N–H and O–H groups in total. The molecule has 0 aliphatic carbocycles. The molecule has 200 valence electrons. The Labute approximate surface area is 209 Å². The van der Waals surface area contributed by atoms with Crippen molar-refractivity contribution in [3.8, 4) is 0 Å². The lowest BCUT2D eigenvalue weighted by molar-refractivity contribution is -0.196. The normalized spacial score (nSPS) is 19.3. The monoisotopic (exact) mass is 482 g/mol. The first kappa shape index (κ1) is 31.1. The summed E-state index contributed by atoms with van der Waals surface area (Å²) in [4.78, 5) is 11.4. The Kier molecular flexibility index (Phi) is 19.6. The van der Waals surface area contributed by atoms with E-state index in [-0.39, 0.29) is 12.4 Å². The molecule has 0 aromatic heterocycles. The molecule has 0 amide bonds. The molecular formula is C29H54O5. The summed E-state index contributed by atoms with van der Waals surface area (Å²) in [5, 5.41) is 19.9. The topological polar surface area (TPSA) is 76.0 Å². The molecule has 0 spiro atoms. The van der Waals surface area contributed by atoms with Gasteiger partial charge in [0, 0.05) is 13.0 Å². The highest BCUT2D eigenvalue weighted by Gasteiger charge is 2.29. The highest BCUT2D eigenvalue weighted by atomic mass is 16.7. The minimum absolute atomic E-state index is 0.142. The van der Waals surface area contributed by atoms with Crippen molar-refractivity contribution in [3.05, 3.63) is 12.2 Å². The van der Waals surface area contributed by atoms with Crippen molar-refractivity contribution < 1.29 is 24.5 Å². The Balaban J connectivity index is 2.18. The first-order chi connectivity index (χ1) is 16.6. The third-order valence-electron chi connectivity index (χ3n) is 7.00.